The van der Waals surface area contributed by atoms with Gasteiger partial charge in [-0.25, -0.2) is 0 Å². The third kappa shape index (κ3) is 4.26. The highest BCUT2D eigenvalue weighted by atomic mass is 16.6. The molecule has 0 fully saturated rings. The lowest BCUT2D eigenvalue weighted by Gasteiger charge is -2.06. The van der Waals surface area contributed by atoms with Gasteiger partial charge >= 0.3 is 0 Å². The fraction of sp³-hybridized carbons (Fsp3) is 0.176. The van der Waals surface area contributed by atoms with E-state index in [1.54, 1.807) is 13.0 Å². The number of hydrogen-bond acceptors (Lipinski definition) is 3. The van der Waals surface area contributed by atoms with Gasteiger partial charge in [-0.1, -0.05) is 54.6 Å². The molecule has 0 saturated carbocycles. The first kappa shape index (κ1) is 14.9. The Morgan fingerprint density at radius 3 is 2.62 bits per heavy atom. The van der Waals surface area contributed by atoms with E-state index in [1.165, 1.54) is 6.07 Å². The molecule has 4 nitrogen and oxygen atoms in total. The number of hydrogen-bond donors (Lipinski definition) is 1. The summed E-state index contributed by atoms with van der Waals surface area (Å²) in [5.74, 6) is 0. The summed E-state index contributed by atoms with van der Waals surface area (Å²) in [4.78, 5) is 10.5. The molecule has 0 spiro atoms. The van der Waals surface area contributed by atoms with Crippen LogP contribution >= 0.6 is 0 Å². The van der Waals surface area contributed by atoms with Crippen LogP contribution < -0.4 is 5.32 Å². The Morgan fingerprint density at radius 2 is 1.90 bits per heavy atom. The van der Waals surface area contributed by atoms with E-state index >= 15 is 0 Å². The molecule has 0 atom stereocenters. The molecule has 2 aromatic carbocycles. The lowest BCUT2D eigenvalue weighted by molar-refractivity contribution is -0.385. The first-order valence-corrected chi connectivity index (χ1v) is 6.83. The minimum atomic E-state index is -0.339. The second-order valence-electron chi connectivity index (χ2n) is 4.76. The van der Waals surface area contributed by atoms with Gasteiger partial charge in [-0.2, -0.15) is 0 Å². The van der Waals surface area contributed by atoms with Crippen molar-refractivity contribution in [1.29, 1.82) is 0 Å². The van der Waals surface area contributed by atoms with Crippen molar-refractivity contribution < 1.29 is 4.92 Å². The quantitative estimate of drug-likeness (QED) is 0.499. The number of nitro benzene ring substituents is 1. The van der Waals surface area contributed by atoms with Gasteiger partial charge < -0.3 is 5.32 Å². The first-order valence-electron chi connectivity index (χ1n) is 6.83. The molecule has 0 saturated heterocycles. The number of rotatable bonds is 6. The number of nitrogens with zero attached hydrogens (tertiary/aromatic N) is 1. The molecule has 4 heteroatoms. The van der Waals surface area contributed by atoms with Crippen molar-refractivity contribution in [2.75, 3.05) is 6.54 Å². The van der Waals surface area contributed by atoms with E-state index in [9.17, 15) is 10.1 Å². The van der Waals surface area contributed by atoms with Crippen molar-refractivity contribution in [2.45, 2.75) is 13.5 Å². The Hall–Kier alpha value is -2.46. The fourth-order valence-electron chi connectivity index (χ4n) is 2.11. The minimum Gasteiger partial charge on any atom is -0.309 e. The minimum absolute atomic E-state index is 0.175. The molecule has 0 unspecified atom stereocenters. The van der Waals surface area contributed by atoms with Gasteiger partial charge in [-0.15, -0.1) is 0 Å². The van der Waals surface area contributed by atoms with Gasteiger partial charge in [0.05, 0.1) is 4.92 Å². The van der Waals surface area contributed by atoms with Crippen LogP contribution in [0.5, 0.6) is 0 Å². The van der Waals surface area contributed by atoms with Crippen LogP contribution in [0.3, 0.4) is 0 Å². The Kier molecular flexibility index (Phi) is 5.23. The van der Waals surface area contributed by atoms with E-state index < -0.39 is 0 Å². The Balaban J connectivity index is 1.88. The maximum Gasteiger partial charge on any atom is 0.272 e. The van der Waals surface area contributed by atoms with Crippen molar-refractivity contribution >= 4 is 11.8 Å². The van der Waals surface area contributed by atoms with Crippen LogP contribution in [0.15, 0.2) is 54.6 Å². The van der Waals surface area contributed by atoms with E-state index in [4.69, 9.17) is 0 Å². The molecule has 2 aromatic rings. The topological polar surface area (TPSA) is 55.2 Å². The van der Waals surface area contributed by atoms with E-state index in [0.717, 1.165) is 23.2 Å². The van der Waals surface area contributed by atoms with Crippen LogP contribution in [0.25, 0.3) is 6.08 Å². The summed E-state index contributed by atoms with van der Waals surface area (Å²) in [6, 6.07) is 15.2. The maximum atomic E-state index is 10.9. The number of nitro groups is 1. The molecule has 0 radical (unpaired) electrons. The van der Waals surface area contributed by atoms with E-state index in [1.807, 2.05) is 48.6 Å². The number of benzene rings is 2. The third-order valence-electron chi connectivity index (χ3n) is 3.30. The Bertz CT molecular complexity index is 636. The van der Waals surface area contributed by atoms with Gasteiger partial charge in [0, 0.05) is 24.7 Å². The van der Waals surface area contributed by atoms with Crippen molar-refractivity contribution in [2.24, 2.45) is 0 Å². The van der Waals surface area contributed by atoms with Gasteiger partial charge in [-0.3, -0.25) is 10.1 Å². The van der Waals surface area contributed by atoms with Crippen LogP contribution in [0, 0.1) is 17.0 Å². The molecule has 2 rings (SSSR count). The highest BCUT2D eigenvalue weighted by molar-refractivity contribution is 5.49. The summed E-state index contributed by atoms with van der Waals surface area (Å²) < 4.78 is 0. The van der Waals surface area contributed by atoms with Crippen molar-refractivity contribution in [3.63, 3.8) is 0 Å². The molecule has 0 amide bonds. The van der Waals surface area contributed by atoms with Gasteiger partial charge in [0.1, 0.15) is 0 Å². The molecular weight excluding hydrogens is 264 g/mol. The van der Waals surface area contributed by atoms with Gasteiger partial charge in [0.15, 0.2) is 0 Å². The monoisotopic (exact) mass is 282 g/mol. The van der Waals surface area contributed by atoms with Crippen LogP contribution in [-0.2, 0) is 6.54 Å². The number of nitrogens with one attached hydrogen (secondary N) is 1. The van der Waals surface area contributed by atoms with Crippen LogP contribution in [0.4, 0.5) is 5.69 Å². The van der Waals surface area contributed by atoms with E-state index in [0.29, 0.717) is 6.54 Å². The molecule has 0 aromatic heterocycles. The lowest BCUT2D eigenvalue weighted by Crippen LogP contribution is -2.14. The first-order chi connectivity index (χ1) is 10.2. The van der Waals surface area contributed by atoms with E-state index in [2.05, 4.69) is 5.32 Å². The molecule has 0 heterocycles. The summed E-state index contributed by atoms with van der Waals surface area (Å²) in [5.41, 5.74) is 3.01. The third-order valence-corrected chi connectivity index (χ3v) is 3.30. The SMILES string of the molecule is Cc1c(CNC/C=C/c2ccccc2)cccc1[N+](=O)[O-]. The van der Waals surface area contributed by atoms with Crippen LogP contribution in [0.1, 0.15) is 16.7 Å². The summed E-state index contributed by atoms with van der Waals surface area (Å²) in [5, 5.41) is 14.2. The molecule has 0 bridgehead atoms. The lowest BCUT2D eigenvalue weighted by atomic mass is 10.1. The van der Waals surface area contributed by atoms with E-state index in [-0.39, 0.29) is 10.6 Å². The van der Waals surface area contributed by atoms with Crippen molar-refractivity contribution in [3.05, 3.63) is 81.4 Å². The van der Waals surface area contributed by atoms with Crippen LogP contribution in [0.2, 0.25) is 0 Å². The summed E-state index contributed by atoms with van der Waals surface area (Å²) in [6.45, 7) is 3.12. The molecule has 108 valence electrons. The normalized spacial score (nSPS) is 10.9. The maximum absolute atomic E-state index is 10.9. The smallest absolute Gasteiger partial charge is 0.272 e. The average molecular weight is 282 g/mol. The molecule has 0 aliphatic heterocycles. The average Bonchev–Trinajstić information content (AvgIpc) is 2.49. The second-order valence-corrected chi connectivity index (χ2v) is 4.76. The van der Waals surface area contributed by atoms with Crippen LogP contribution in [-0.4, -0.2) is 11.5 Å². The van der Waals surface area contributed by atoms with Crippen molar-refractivity contribution in [3.8, 4) is 0 Å². The van der Waals surface area contributed by atoms with Gasteiger partial charge in [0.25, 0.3) is 5.69 Å². The Labute approximate surface area is 124 Å². The molecule has 0 aliphatic carbocycles. The highest BCUT2D eigenvalue weighted by Gasteiger charge is 2.12. The van der Waals surface area contributed by atoms with Crippen molar-refractivity contribution in [1.82, 2.24) is 5.32 Å². The summed E-state index contributed by atoms with van der Waals surface area (Å²) >= 11 is 0. The zero-order valence-corrected chi connectivity index (χ0v) is 12.0. The zero-order valence-electron chi connectivity index (χ0n) is 12.0. The summed E-state index contributed by atoms with van der Waals surface area (Å²) in [7, 11) is 0. The zero-order chi connectivity index (χ0) is 15.1. The predicted molar refractivity (Wildman–Crippen MR) is 85.0 cm³/mol. The molecule has 1 N–H and O–H groups in total. The largest absolute Gasteiger partial charge is 0.309 e. The molecule has 0 aliphatic rings. The predicted octanol–water partition coefficient (Wildman–Crippen LogP) is 3.71. The summed E-state index contributed by atoms with van der Waals surface area (Å²) in [6.07, 6.45) is 4.09. The Morgan fingerprint density at radius 1 is 1.14 bits per heavy atom. The van der Waals surface area contributed by atoms with Gasteiger partial charge in [0.2, 0.25) is 0 Å². The molecule has 21 heavy (non-hydrogen) atoms. The van der Waals surface area contributed by atoms with Gasteiger partial charge in [-0.05, 0) is 18.1 Å². The second kappa shape index (κ2) is 7.36. The fourth-order valence-corrected chi connectivity index (χ4v) is 2.11. The standard InChI is InChI=1S/C17H18N2O2/c1-14-16(10-5-11-17(14)19(20)21)13-18-12-6-9-15-7-3-2-4-8-15/h2-11,18H,12-13H2,1H3/b9-6+. The molecular formula is C17H18N2O2. The highest BCUT2D eigenvalue weighted by Crippen LogP contribution is 2.20.